The van der Waals surface area contributed by atoms with E-state index in [4.69, 9.17) is 0 Å². The summed E-state index contributed by atoms with van der Waals surface area (Å²) in [6.45, 7) is 1.96. The van der Waals surface area contributed by atoms with E-state index in [-0.39, 0.29) is 11.9 Å². The van der Waals surface area contributed by atoms with Gasteiger partial charge in [-0.05, 0) is 59.3 Å². The van der Waals surface area contributed by atoms with Gasteiger partial charge >= 0.3 is 0 Å². The van der Waals surface area contributed by atoms with E-state index in [1.807, 2.05) is 73.7 Å². The quantitative estimate of drug-likeness (QED) is 0.461. The molecule has 7 nitrogen and oxygen atoms in total. The Hall–Kier alpha value is -3.52. The number of pyridine rings is 1. The predicted octanol–water partition coefficient (Wildman–Crippen LogP) is 3.84. The highest BCUT2D eigenvalue weighted by molar-refractivity contribution is 7.98. The fraction of sp³-hybridized carbons (Fsp3) is 0.136. The molecule has 2 aromatic carbocycles. The zero-order valence-corrected chi connectivity index (χ0v) is 17.2. The number of nitrogens with zero attached hydrogens (tertiary/aromatic N) is 5. The zero-order chi connectivity index (χ0) is 20.8. The summed E-state index contributed by atoms with van der Waals surface area (Å²) in [7, 11) is 0. The van der Waals surface area contributed by atoms with E-state index in [9.17, 15) is 4.79 Å². The maximum atomic E-state index is 12.9. The van der Waals surface area contributed by atoms with Crippen molar-refractivity contribution in [2.45, 2.75) is 23.6 Å². The van der Waals surface area contributed by atoms with E-state index in [0.29, 0.717) is 17.1 Å². The minimum Gasteiger partial charge on any atom is -0.345 e. The normalized spacial score (nSPS) is 11.8. The van der Waals surface area contributed by atoms with Crippen molar-refractivity contribution < 1.29 is 4.79 Å². The lowest BCUT2D eigenvalue weighted by molar-refractivity contribution is 0.0937. The first-order chi connectivity index (χ1) is 14.7. The minimum atomic E-state index is -0.121. The van der Waals surface area contributed by atoms with Crippen LogP contribution in [-0.4, -0.2) is 31.1 Å². The Labute approximate surface area is 178 Å². The van der Waals surface area contributed by atoms with Crippen LogP contribution < -0.4 is 5.32 Å². The van der Waals surface area contributed by atoms with Crippen LogP contribution in [-0.2, 0) is 5.75 Å². The number of carbonyl (C=O) groups excluding carboxylic acids is 1. The second-order valence-corrected chi connectivity index (χ2v) is 7.62. The maximum Gasteiger partial charge on any atom is 0.252 e. The van der Waals surface area contributed by atoms with Crippen molar-refractivity contribution >= 4 is 17.7 Å². The maximum absolute atomic E-state index is 12.9. The van der Waals surface area contributed by atoms with E-state index in [1.165, 1.54) is 11.8 Å². The van der Waals surface area contributed by atoms with Gasteiger partial charge in [0.05, 0.1) is 23.0 Å². The number of carbonyl (C=O) groups is 1. The molecule has 0 saturated heterocycles. The van der Waals surface area contributed by atoms with Crippen molar-refractivity contribution in [3.8, 4) is 5.69 Å². The third-order valence-corrected chi connectivity index (χ3v) is 5.65. The monoisotopic (exact) mass is 416 g/mol. The van der Waals surface area contributed by atoms with Crippen molar-refractivity contribution in [2.24, 2.45) is 0 Å². The first kappa shape index (κ1) is 19.8. The molecule has 1 amide bonds. The first-order valence-corrected chi connectivity index (χ1v) is 10.5. The van der Waals surface area contributed by atoms with E-state index < -0.39 is 0 Å². The lowest BCUT2D eigenvalue weighted by atomic mass is 10.1. The lowest BCUT2D eigenvalue weighted by Gasteiger charge is -2.15. The zero-order valence-electron chi connectivity index (χ0n) is 16.3. The second kappa shape index (κ2) is 9.32. The standard InChI is InChI=1S/C22H20N6OS/c1-16(17-11-13-23-14-12-17)24-22(29)19-9-5-6-10-20(19)30-15-21-25-26-27-28(21)18-7-3-2-4-8-18/h2-14,16H,15H2,1H3,(H,24,29). The Morgan fingerprint density at radius 2 is 1.77 bits per heavy atom. The molecular formula is C22H20N6OS. The summed E-state index contributed by atoms with van der Waals surface area (Å²) in [5.41, 5.74) is 2.53. The van der Waals surface area contributed by atoms with Crippen molar-refractivity contribution in [1.29, 1.82) is 0 Å². The summed E-state index contributed by atoms with van der Waals surface area (Å²) in [6.07, 6.45) is 3.44. The highest BCUT2D eigenvalue weighted by Gasteiger charge is 2.16. The second-order valence-electron chi connectivity index (χ2n) is 6.60. The van der Waals surface area contributed by atoms with Gasteiger partial charge in [-0.1, -0.05) is 30.3 Å². The molecule has 0 spiro atoms. The smallest absolute Gasteiger partial charge is 0.252 e. The molecule has 0 bridgehead atoms. The number of aromatic nitrogens is 5. The van der Waals surface area contributed by atoms with Crippen LogP contribution in [0.1, 0.15) is 34.7 Å². The molecule has 1 atom stereocenters. The van der Waals surface area contributed by atoms with Crippen LogP contribution in [0.3, 0.4) is 0 Å². The van der Waals surface area contributed by atoms with Gasteiger partial charge in [0.1, 0.15) is 0 Å². The minimum absolute atomic E-state index is 0.120. The van der Waals surface area contributed by atoms with Gasteiger partial charge in [-0.25, -0.2) is 0 Å². The molecule has 4 aromatic rings. The highest BCUT2D eigenvalue weighted by Crippen LogP contribution is 2.26. The van der Waals surface area contributed by atoms with Gasteiger partial charge in [0.2, 0.25) is 0 Å². The molecule has 2 heterocycles. The van der Waals surface area contributed by atoms with E-state index in [1.54, 1.807) is 17.1 Å². The summed E-state index contributed by atoms with van der Waals surface area (Å²) in [6, 6.07) is 21.0. The predicted molar refractivity (Wildman–Crippen MR) is 115 cm³/mol. The SMILES string of the molecule is CC(NC(=O)c1ccccc1SCc1nnnn1-c1ccccc1)c1ccncc1. The van der Waals surface area contributed by atoms with Crippen LogP contribution in [0.25, 0.3) is 5.69 Å². The van der Waals surface area contributed by atoms with Gasteiger partial charge in [0, 0.05) is 17.3 Å². The van der Waals surface area contributed by atoms with Crippen molar-refractivity contribution in [3.05, 3.63) is 96.1 Å². The van der Waals surface area contributed by atoms with Gasteiger partial charge in [-0.2, -0.15) is 4.68 Å². The number of thioether (sulfide) groups is 1. The summed E-state index contributed by atoms with van der Waals surface area (Å²) < 4.78 is 1.71. The molecule has 0 aliphatic heterocycles. The third kappa shape index (κ3) is 4.55. The molecule has 0 fully saturated rings. The molecule has 0 radical (unpaired) electrons. The molecule has 1 unspecified atom stereocenters. The van der Waals surface area contributed by atoms with E-state index >= 15 is 0 Å². The number of tetrazole rings is 1. The van der Waals surface area contributed by atoms with Crippen LogP contribution >= 0.6 is 11.8 Å². The van der Waals surface area contributed by atoms with Crippen LogP contribution in [0.2, 0.25) is 0 Å². The van der Waals surface area contributed by atoms with Crippen LogP contribution in [0, 0.1) is 0 Å². The first-order valence-electron chi connectivity index (χ1n) is 9.47. The highest BCUT2D eigenvalue weighted by atomic mass is 32.2. The van der Waals surface area contributed by atoms with Crippen LogP contribution in [0.15, 0.2) is 84.0 Å². The van der Waals surface area contributed by atoms with Gasteiger partial charge in [-0.3, -0.25) is 9.78 Å². The summed E-state index contributed by atoms with van der Waals surface area (Å²) in [4.78, 5) is 17.8. The van der Waals surface area contributed by atoms with Crippen LogP contribution in [0.4, 0.5) is 0 Å². The summed E-state index contributed by atoms with van der Waals surface area (Å²) >= 11 is 1.53. The Balaban J connectivity index is 1.48. The summed E-state index contributed by atoms with van der Waals surface area (Å²) in [5.74, 6) is 1.13. The van der Waals surface area contributed by atoms with Crippen molar-refractivity contribution in [2.75, 3.05) is 0 Å². The number of hydrogen-bond acceptors (Lipinski definition) is 6. The molecule has 0 aliphatic rings. The number of amides is 1. The molecule has 8 heteroatoms. The Morgan fingerprint density at radius 3 is 2.57 bits per heavy atom. The number of hydrogen-bond donors (Lipinski definition) is 1. The fourth-order valence-electron chi connectivity index (χ4n) is 3.00. The fourth-order valence-corrected chi connectivity index (χ4v) is 3.95. The van der Waals surface area contributed by atoms with Crippen molar-refractivity contribution in [3.63, 3.8) is 0 Å². The number of para-hydroxylation sites is 1. The van der Waals surface area contributed by atoms with Gasteiger partial charge in [-0.15, -0.1) is 16.9 Å². The molecular weight excluding hydrogens is 396 g/mol. The molecule has 0 aliphatic carbocycles. The number of benzene rings is 2. The van der Waals surface area contributed by atoms with Gasteiger partial charge in [0.25, 0.3) is 5.91 Å². The van der Waals surface area contributed by atoms with E-state index in [0.717, 1.165) is 16.1 Å². The van der Waals surface area contributed by atoms with Crippen LogP contribution in [0.5, 0.6) is 0 Å². The number of nitrogens with one attached hydrogen (secondary N) is 1. The summed E-state index contributed by atoms with van der Waals surface area (Å²) in [5, 5.41) is 15.1. The number of rotatable bonds is 7. The Morgan fingerprint density at radius 1 is 1.03 bits per heavy atom. The topological polar surface area (TPSA) is 85.6 Å². The molecule has 30 heavy (non-hydrogen) atoms. The van der Waals surface area contributed by atoms with E-state index in [2.05, 4.69) is 25.8 Å². The molecule has 4 rings (SSSR count). The lowest BCUT2D eigenvalue weighted by Crippen LogP contribution is -2.27. The van der Waals surface area contributed by atoms with Gasteiger partial charge < -0.3 is 5.32 Å². The largest absolute Gasteiger partial charge is 0.345 e. The molecule has 150 valence electrons. The Kier molecular flexibility index (Phi) is 6.14. The van der Waals surface area contributed by atoms with Crippen molar-refractivity contribution in [1.82, 2.24) is 30.5 Å². The molecule has 1 N–H and O–H groups in total. The molecule has 0 saturated carbocycles. The molecule has 2 aromatic heterocycles. The van der Waals surface area contributed by atoms with Gasteiger partial charge in [0.15, 0.2) is 5.82 Å². The third-order valence-electron chi connectivity index (χ3n) is 4.58. The average molecular weight is 417 g/mol. The average Bonchev–Trinajstić information content (AvgIpc) is 3.27. The Bertz CT molecular complexity index is 1120.